The highest BCUT2D eigenvalue weighted by atomic mass is 19.4. The second-order valence-corrected chi connectivity index (χ2v) is 6.58. The first-order valence-corrected chi connectivity index (χ1v) is 9.44. The number of aromatic nitrogens is 2. The van der Waals surface area contributed by atoms with Crippen LogP contribution in [0.25, 0.3) is 0 Å². The van der Waals surface area contributed by atoms with Gasteiger partial charge in [0.1, 0.15) is 11.5 Å². The van der Waals surface area contributed by atoms with E-state index in [2.05, 4.69) is 25.9 Å². The van der Waals surface area contributed by atoms with Crippen LogP contribution in [0.4, 0.5) is 40.7 Å². The summed E-state index contributed by atoms with van der Waals surface area (Å²) in [5.41, 5.74) is -0.566. The zero-order valence-electron chi connectivity index (χ0n) is 17.5. The third kappa shape index (κ3) is 6.45. The summed E-state index contributed by atoms with van der Waals surface area (Å²) >= 11 is 0. The summed E-state index contributed by atoms with van der Waals surface area (Å²) < 4.78 is 63.9. The number of methoxy groups -OCH3 is 1. The molecule has 8 nitrogen and oxygen atoms in total. The minimum absolute atomic E-state index is 0.0266. The molecule has 0 atom stereocenters. The van der Waals surface area contributed by atoms with E-state index < -0.39 is 17.6 Å². The first-order valence-electron chi connectivity index (χ1n) is 9.44. The SMILES string of the molecule is CNC(=O)COc1cccc(Nc2ncc(F)c(Nc3cc(OC)cc(C(F)(F)F)c3)n2)c1. The van der Waals surface area contributed by atoms with Gasteiger partial charge in [0.05, 0.1) is 18.9 Å². The Balaban J connectivity index is 1.80. The normalized spacial score (nSPS) is 11.0. The molecule has 0 bridgehead atoms. The van der Waals surface area contributed by atoms with Crippen LogP contribution in [0.3, 0.4) is 0 Å². The molecule has 0 saturated heterocycles. The van der Waals surface area contributed by atoms with Crippen LogP contribution in [-0.2, 0) is 11.0 Å². The van der Waals surface area contributed by atoms with E-state index in [4.69, 9.17) is 9.47 Å². The first kappa shape index (κ1) is 23.6. The van der Waals surface area contributed by atoms with Crippen molar-refractivity contribution in [2.75, 3.05) is 31.4 Å². The predicted octanol–water partition coefficient (Wildman–Crippen LogP) is 4.26. The molecule has 0 radical (unpaired) electrons. The second kappa shape index (κ2) is 10.0. The maximum atomic E-state index is 14.3. The van der Waals surface area contributed by atoms with Gasteiger partial charge in [-0.1, -0.05) is 6.07 Å². The van der Waals surface area contributed by atoms with Crippen molar-refractivity contribution in [1.82, 2.24) is 15.3 Å². The molecule has 1 heterocycles. The minimum atomic E-state index is -4.62. The molecule has 3 aromatic rings. The highest BCUT2D eigenvalue weighted by Crippen LogP contribution is 2.35. The van der Waals surface area contributed by atoms with E-state index in [1.807, 2.05) is 0 Å². The minimum Gasteiger partial charge on any atom is -0.497 e. The third-order valence-corrected chi connectivity index (χ3v) is 4.22. The van der Waals surface area contributed by atoms with E-state index in [1.54, 1.807) is 24.3 Å². The van der Waals surface area contributed by atoms with Crippen LogP contribution in [0.1, 0.15) is 5.56 Å². The number of alkyl halides is 3. The number of carbonyl (C=O) groups is 1. The molecule has 0 fully saturated rings. The molecule has 12 heteroatoms. The van der Waals surface area contributed by atoms with Gasteiger partial charge in [-0.3, -0.25) is 4.79 Å². The number of carbonyl (C=O) groups excluding carboxylic acids is 1. The van der Waals surface area contributed by atoms with Gasteiger partial charge in [0, 0.05) is 30.6 Å². The summed E-state index contributed by atoms with van der Waals surface area (Å²) in [6.45, 7) is -0.179. The van der Waals surface area contributed by atoms with Gasteiger partial charge in [0.25, 0.3) is 5.91 Å². The summed E-state index contributed by atoms with van der Waals surface area (Å²) in [6, 6.07) is 9.42. The second-order valence-electron chi connectivity index (χ2n) is 6.58. The van der Waals surface area contributed by atoms with Gasteiger partial charge in [-0.05, 0) is 24.3 Å². The Morgan fingerprint density at radius 2 is 1.82 bits per heavy atom. The number of benzene rings is 2. The molecule has 33 heavy (non-hydrogen) atoms. The molecule has 0 saturated carbocycles. The molecule has 3 N–H and O–H groups in total. The number of likely N-dealkylation sites (N-methyl/N-ethyl adjacent to an activating group) is 1. The van der Waals surface area contributed by atoms with Crippen molar-refractivity contribution in [3.8, 4) is 11.5 Å². The zero-order valence-corrected chi connectivity index (χ0v) is 17.5. The maximum absolute atomic E-state index is 14.3. The Morgan fingerprint density at radius 1 is 1.06 bits per heavy atom. The van der Waals surface area contributed by atoms with Gasteiger partial charge >= 0.3 is 6.18 Å². The Labute approximate surface area is 186 Å². The predicted molar refractivity (Wildman–Crippen MR) is 113 cm³/mol. The first-order chi connectivity index (χ1) is 15.7. The average molecular weight is 465 g/mol. The number of halogens is 4. The molecule has 1 aromatic heterocycles. The fraction of sp³-hybridized carbons (Fsp3) is 0.190. The Kier molecular flexibility index (Phi) is 7.16. The molecule has 2 aromatic carbocycles. The van der Waals surface area contributed by atoms with E-state index in [-0.39, 0.29) is 35.7 Å². The number of nitrogens with one attached hydrogen (secondary N) is 3. The van der Waals surface area contributed by atoms with Crippen molar-refractivity contribution in [3.05, 3.63) is 60.0 Å². The van der Waals surface area contributed by atoms with Crippen molar-refractivity contribution in [2.24, 2.45) is 0 Å². The van der Waals surface area contributed by atoms with Gasteiger partial charge in [0.2, 0.25) is 5.95 Å². The molecule has 0 aliphatic rings. The van der Waals surface area contributed by atoms with E-state index in [0.717, 1.165) is 18.3 Å². The fourth-order valence-electron chi connectivity index (χ4n) is 2.62. The van der Waals surface area contributed by atoms with Gasteiger partial charge in [-0.15, -0.1) is 0 Å². The van der Waals surface area contributed by atoms with Crippen molar-refractivity contribution < 1.29 is 31.8 Å². The van der Waals surface area contributed by atoms with Gasteiger partial charge in [-0.25, -0.2) is 9.37 Å². The Bertz CT molecular complexity index is 1140. The van der Waals surface area contributed by atoms with E-state index >= 15 is 0 Å². The molecule has 0 unspecified atom stereocenters. The zero-order chi connectivity index (χ0) is 24.0. The molecule has 1 amide bonds. The van der Waals surface area contributed by atoms with Crippen LogP contribution in [0, 0.1) is 5.82 Å². The maximum Gasteiger partial charge on any atom is 0.416 e. The summed E-state index contributed by atoms with van der Waals surface area (Å²) in [7, 11) is 2.70. The number of hydrogen-bond donors (Lipinski definition) is 3. The van der Waals surface area contributed by atoms with E-state index in [9.17, 15) is 22.4 Å². The molecular weight excluding hydrogens is 446 g/mol. The summed E-state index contributed by atoms with van der Waals surface area (Å²) in [5, 5.41) is 7.79. The topological polar surface area (TPSA) is 97.4 Å². The van der Waals surface area contributed by atoms with Crippen molar-refractivity contribution in [2.45, 2.75) is 6.18 Å². The van der Waals surface area contributed by atoms with Crippen LogP contribution >= 0.6 is 0 Å². The summed E-state index contributed by atoms with van der Waals surface area (Å²) in [4.78, 5) is 19.1. The molecule has 0 aliphatic heterocycles. The standard InChI is InChI=1S/C21H19F4N5O3/c1-26-18(31)11-33-15-5-3-4-13(8-15)29-20-27-10-17(22)19(30-20)28-14-6-12(21(23,24)25)7-16(9-14)32-2/h3-10H,11H2,1-2H3,(H,26,31)(H2,27,28,29,30). The number of rotatable bonds is 8. The number of anilines is 4. The van der Waals surface area contributed by atoms with Gasteiger partial charge < -0.3 is 25.4 Å². The number of hydrogen-bond acceptors (Lipinski definition) is 7. The van der Waals surface area contributed by atoms with Gasteiger partial charge in [0.15, 0.2) is 18.2 Å². The van der Waals surface area contributed by atoms with Gasteiger partial charge in [-0.2, -0.15) is 18.2 Å². The third-order valence-electron chi connectivity index (χ3n) is 4.22. The molecule has 0 spiro atoms. The van der Waals surface area contributed by atoms with Crippen LogP contribution in [0.2, 0.25) is 0 Å². The number of amides is 1. The lowest BCUT2D eigenvalue weighted by Crippen LogP contribution is -2.24. The van der Waals surface area contributed by atoms with E-state index in [0.29, 0.717) is 11.4 Å². The number of nitrogens with zero attached hydrogens (tertiary/aromatic N) is 2. The van der Waals surface area contributed by atoms with Crippen LogP contribution in [0.5, 0.6) is 11.5 Å². The molecule has 0 aliphatic carbocycles. The van der Waals surface area contributed by atoms with Crippen LogP contribution in [-0.4, -0.2) is 36.6 Å². The summed E-state index contributed by atoms with van der Waals surface area (Å²) in [6.07, 6.45) is -3.75. The lowest BCUT2D eigenvalue weighted by Gasteiger charge is -2.14. The monoisotopic (exact) mass is 465 g/mol. The lowest BCUT2D eigenvalue weighted by molar-refractivity contribution is -0.137. The Hall–Kier alpha value is -4.09. The Morgan fingerprint density at radius 3 is 2.52 bits per heavy atom. The van der Waals surface area contributed by atoms with Crippen molar-refractivity contribution in [1.29, 1.82) is 0 Å². The van der Waals surface area contributed by atoms with E-state index in [1.165, 1.54) is 20.2 Å². The number of ether oxygens (including phenoxy) is 2. The molecule has 3 rings (SSSR count). The smallest absolute Gasteiger partial charge is 0.416 e. The fourth-order valence-corrected chi connectivity index (χ4v) is 2.62. The van der Waals surface area contributed by atoms with Crippen LogP contribution < -0.4 is 25.4 Å². The quantitative estimate of drug-likeness (QED) is 0.428. The lowest BCUT2D eigenvalue weighted by atomic mass is 10.1. The summed E-state index contributed by atoms with van der Waals surface area (Å²) in [5.74, 6) is -1.23. The largest absolute Gasteiger partial charge is 0.497 e. The highest BCUT2D eigenvalue weighted by Gasteiger charge is 2.31. The highest BCUT2D eigenvalue weighted by molar-refractivity contribution is 5.77. The van der Waals surface area contributed by atoms with Crippen LogP contribution in [0.15, 0.2) is 48.7 Å². The van der Waals surface area contributed by atoms with Crippen molar-refractivity contribution in [3.63, 3.8) is 0 Å². The van der Waals surface area contributed by atoms with Crippen molar-refractivity contribution >= 4 is 29.0 Å². The average Bonchev–Trinajstić information content (AvgIpc) is 2.79. The molecular formula is C21H19F4N5O3. The molecule has 174 valence electrons.